The first-order valence-electron chi connectivity index (χ1n) is 3.15. The third-order valence-electron chi connectivity index (χ3n) is 1.49. The number of carbonyl (C=O) groups excluding carboxylic acids is 1. The third kappa shape index (κ3) is 1.18. The van der Waals surface area contributed by atoms with Gasteiger partial charge in [-0.05, 0) is 6.42 Å². The topological polar surface area (TPSA) is 20.3 Å². The number of nitrogens with zero attached hydrogens (tertiary/aromatic N) is 1. The molecule has 56 valence electrons. The van der Waals surface area contributed by atoms with Gasteiger partial charge < -0.3 is 0 Å². The number of hydrogen-bond acceptors (Lipinski definition) is 3. The predicted molar refractivity (Wildman–Crippen MR) is 47.0 cm³/mol. The molecule has 1 aliphatic heterocycles. The maximum absolute atomic E-state index is 11.2. The molecule has 1 aliphatic rings. The Morgan fingerprint density at radius 3 is 2.60 bits per heavy atom. The van der Waals surface area contributed by atoms with Gasteiger partial charge in [-0.15, -0.1) is 0 Å². The number of thiocarbonyl (C=S) groups is 1. The Hall–Kier alpha value is -0.0900. The highest BCUT2D eigenvalue weighted by Crippen LogP contribution is 2.27. The van der Waals surface area contributed by atoms with Gasteiger partial charge in [0, 0.05) is 7.05 Å². The molecule has 0 saturated carbocycles. The second-order valence-corrected chi connectivity index (χ2v) is 4.01. The fourth-order valence-corrected chi connectivity index (χ4v) is 2.17. The Kier molecular flexibility index (Phi) is 2.31. The van der Waals surface area contributed by atoms with Crippen molar-refractivity contribution in [3.8, 4) is 0 Å². The first-order valence-corrected chi connectivity index (χ1v) is 4.43. The fraction of sp³-hybridized carbons (Fsp3) is 0.667. The highest BCUT2D eigenvalue weighted by molar-refractivity contribution is 8.24. The van der Waals surface area contributed by atoms with Crippen LogP contribution >= 0.6 is 24.0 Å². The van der Waals surface area contributed by atoms with Gasteiger partial charge in [-0.25, -0.2) is 0 Å². The molecule has 0 aliphatic carbocycles. The number of thioether (sulfide) groups is 1. The summed E-state index contributed by atoms with van der Waals surface area (Å²) in [5.41, 5.74) is 0. The van der Waals surface area contributed by atoms with Crippen molar-refractivity contribution in [2.75, 3.05) is 7.05 Å². The van der Waals surface area contributed by atoms with Crippen LogP contribution in [0.25, 0.3) is 0 Å². The van der Waals surface area contributed by atoms with E-state index >= 15 is 0 Å². The van der Waals surface area contributed by atoms with Gasteiger partial charge in [-0.2, -0.15) is 0 Å². The van der Waals surface area contributed by atoms with E-state index in [-0.39, 0.29) is 11.2 Å². The van der Waals surface area contributed by atoms with E-state index in [0.29, 0.717) is 4.32 Å². The Labute approximate surface area is 70.0 Å². The van der Waals surface area contributed by atoms with Gasteiger partial charge in [0.25, 0.3) is 0 Å². The molecule has 1 rings (SSSR count). The van der Waals surface area contributed by atoms with Crippen LogP contribution in [-0.4, -0.2) is 27.4 Å². The van der Waals surface area contributed by atoms with Gasteiger partial charge in [-0.3, -0.25) is 9.69 Å². The van der Waals surface area contributed by atoms with Crippen molar-refractivity contribution in [3.05, 3.63) is 0 Å². The lowest BCUT2D eigenvalue weighted by Gasteiger charge is -2.05. The van der Waals surface area contributed by atoms with Gasteiger partial charge in [0.1, 0.15) is 4.32 Å². The summed E-state index contributed by atoms with van der Waals surface area (Å²) in [7, 11) is 1.73. The van der Waals surface area contributed by atoms with Crippen LogP contribution in [0.2, 0.25) is 0 Å². The minimum Gasteiger partial charge on any atom is -0.300 e. The minimum absolute atomic E-state index is 0.0810. The number of amides is 1. The van der Waals surface area contributed by atoms with Crippen molar-refractivity contribution < 1.29 is 4.79 Å². The molecule has 0 N–H and O–H groups in total. The smallest absolute Gasteiger partial charge is 0.241 e. The average molecular weight is 175 g/mol. The molecule has 0 aromatic heterocycles. The summed E-state index contributed by atoms with van der Waals surface area (Å²) in [5.74, 6) is 0.150. The van der Waals surface area contributed by atoms with Gasteiger partial charge >= 0.3 is 0 Å². The molecule has 0 aromatic carbocycles. The molecule has 0 bridgehead atoms. The van der Waals surface area contributed by atoms with Crippen molar-refractivity contribution in [3.63, 3.8) is 0 Å². The molecular weight excluding hydrogens is 166 g/mol. The van der Waals surface area contributed by atoms with Crippen LogP contribution in [-0.2, 0) is 4.79 Å². The van der Waals surface area contributed by atoms with E-state index in [1.54, 1.807) is 11.9 Å². The molecular formula is C6H9NOS2. The lowest BCUT2D eigenvalue weighted by molar-refractivity contribution is -0.125. The minimum atomic E-state index is 0.0810. The monoisotopic (exact) mass is 175 g/mol. The van der Waals surface area contributed by atoms with E-state index in [9.17, 15) is 4.79 Å². The van der Waals surface area contributed by atoms with Gasteiger partial charge in [0.2, 0.25) is 5.91 Å². The lowest BCUT2D eigenvalue weighted by Crippen LogP contribution is -2.26. The number of hydrogen-bond donors (Lipinski definition) is 0. The molecule has 0 aromatic rings. The van der Waals surface area contributed by atoms with E-state index in [1.165, 1.54) is 11.8 Å². The maximum atomic E-state index is 11.2. The number of rotatable bonds is 1. The van der Waals surface area contributed by atoms with Crippen LogP contribution < -0.4 is 0 Å². The highest BCUT2D eigenvalue weighted by Gasteiger charge is 2.32. The summed E-state index contributed by atoms with van der Waals surface area (Å²) in [6.07, 6.45) is 0.869. The van der Waals surface area contributed by atoms with Gasteiger partial charge in [0.15, 0.2) is 0 Å². The van der Waals surface area contributed by atoms with E-state index in [0.717, 1.165) is 6.42 Å². The molecule has 0 unspecified atom stereocenters. The van der Waals surface area contributed by atoms with Crippen LogP contribution in [0, 0.1) is 0 Å². The second kappa shape index (κ2) is 2.88. The first kappa shape index (κ1) is 8.01. The van der Waals surface area contributed by atoms with Crippen molar-refractivity contribution in [1.82, 2.24) is 4.90 Å². The predicted octanol–water partition coefficient (Wildman–Crippen LogP) is 1.26. The van der Waals surface area contributed by atoms with Crippen LogP contribution in [0.1, 0.15) is 13.3 Å². The third-order valence-corrected chi connectivity index (χ3v) is 3.35. The lowest BCUT2D eigenvalue weighted by atomic mass is 10.3. The largest absolute Gasteiger partial charge is 0.300 e. The van der Waals surface area contributed by atoms with E-state index < -0.39 is 0 Å². The molecule has 2 nitrogen and oxygen atoms in total. The molecule has 1 atom stereocenters. The summed E-state index contributed by atoms with van der Waals surface area (Å²) in [6, 6.07) is 0. The Bertz CT molecular complexity index is 181. The van der Waals surface area contributed by atoms with Crippen LogP contribution in [0.3, 0.4) is 0 Å². The molecule has 1 heterocycles. The summed E-state index contributed by atoms with van der Waals surface area (Å²) >= 11 is 6.42. The van der Waals surface area contributed by atoms with Crippen molar-refractivity contribution in [2.24, 2.45) is 0 Å². The van der Waals surface area contributed by atoms with Crippen molar-refractivity contribution in [2.45, 2.75) is 18.6 Å². The Morgan fingerprint density at radius 1 is 1.80 bits per heavy atom. The normalized spacial score (nSPS) is 26.2. The maximum Gasteiger partial charge on any atom is 0.241 e. The fourth-order valence-electron chi connectivity index (χ4n) is 0.815. The Morgan fingerprint density at radius 2 is 2.40 bits per heavy atom. The van der Waals surface area contributed by atoms with Crippen LogP contribution in [0.15, 0.2) is 0 Å². The van der Waals surface area contributed by atoms with Crippen LogP contribution in [0.4, 0.5) is 0 Å². The molecule has 4 heteroatoms. The molecule has 10 heavy (non-hydrogen) atoms. The standard InChI is InChI=1S/C6H9NOS2/c1-3-4-5(8)7(2)6(9)10-4/h4H,3H2,1-2H3/t4-/m1/s1. The molecule has 1 fully saturated rings. The van der Waals surface area contributed by atoms with Crippen molar-refractivity contribution >= 4 is 34.2 Å². The van der Waals surface area contributed by atoms with E-state index in [1.807, 2.05) is 6.92 Å². The molecule has 0 radical (unpaired) electrons. The zero-order valence-electron chi connectivity index (χ0n) is 5.96. The zero-order chi connectivity index (χ0) is 7.72. The van der Waals surface area contributed by atoms with Crippen LogP contribution in [0.5, 0.6) is 0 Å². The summed E-state index contributed by atoms with van der Waals surface area (Å²) in [5, 5.41) is 0.0810. The van der Waals surface area contributed by atoms with Gasteiger partial charge in [-0.1, -0.05) is 30.9 Å². The quantitative estimate of drug-likeness (QED) is 0.559. The van der Waals surface area contributed by atoms with E-state index in [4.69, 9.17) is 12.2 Å². The average Bonchev–Trinajstić information content (AvgIpc) is 2.17. The molecule has 1 saturated heterocycles. The van der Waals surface area contributed by atoms with Gasteiger partial charge in [0.05, 0.1) is 5.25 Å². The Balaban J connectivity index is 2.71. The zero-order valence-corrected chi connectivity index (χ0v) is 7.59. The highest BCUT2D eigenvalue weighted by atomic mass is 32.2. The van der Waals surface area contributed by atoms with E-state index in [2.05, 4.69) is 0 Å². The summed E-state index contributed by atoms with van der Waals surface area (Å²) < 4.78 is 0.705. The number of carbonyl (C=O) groups is 1. The second-order valence-electron chi connectivity index (χ2n) is 2.18. The molecule has 1 amide bonds. The summed E-state index contributed by atoms with van der Waals surface area (Å²) in [6.45, 7) is 2.00. The first-order chi connectivity index (χ1) is 4.66. The molecule has 0 spiro atoms. The SMILES string of the molecule is CC[C@H]1SC(=S)N(C)C1=O. The summed E-state index contributed by atoms with van der Waals surface area (Å²) in [4.78, 5) is 12.7. The van der Waals surface area contributed by atoms with Crippen molar-refractivity contribution in [1.29, 1.82) is 0 Å².